The van der Waals surface area contributed by atoms with Crippen LogP contribution in [0.15, 0.2) is 12.3 Å². The summed E-state index contributed by atoms with van der Waals surface area (Å²) in [6.07, 6.45) is 1.70. The molecule has 0 radical (unpaired) electrons. The maximum atomic E-state index is 8.75. The van der Waals surface area contributed by atoms with Crippen LogP contribution in [0, 0.1) is 0 Å². The van der Waals surface area contributed by atoms with Crippen LogP contribution >= 0.6 is 0 Å². The third-order valence-corrected chi connectivity index (χ3v) is 0.979. The molecule has 1 rings (SSSR count). The summed E-state index contributed by atoms with van der Waals surface area (Å²) >= 11 is 0. The summed E-state index contributed by atoms with van der Waals surface area (Å²) in [6, 6.07) is 0. The highest BCUT2D eigenvalue weighted by molar-refractivity contribution is 4.87. The Kier molecular flexibility index (Phi) is 1.50. The highest BCUT2D eigenvalue weighted by Gasteiger charge is 2.12. The van der Waals surface area contributed by atoms with Crippen molar-refractivity contribution < 1.29 is 14.9 Å². The Hall–Kier alpha value is -0.540. The van der Waals surface area contributed by atoms with E-state index < -0.39 is 12.4 Å². The zero-order chi connectivity index (χ0) is 5.98. The molecule has 0 saturated heterocycles. The zero-order valence-electron chi connectivity index (χ0n) is 4.32. The molecule has 0 bridgehead atoms. The third kappa shape index (κ3) is 1.21. The molecule has 0 aromatic rings. The van der Waals surface area contributed by atoms with Gasteiger partial charge in [0.2, 0.25) is 0 Å². The van der Waals surface area contributed by atoms with Gasteiger partial charge in [0, 0.05) is 6.42 Å². The van der Waals surface area contributed by atoms with E-state index in [1.165, 1.54) is 12.3 Å². The van der Waals surface area contributed by atoms with Gasteiger partial charge >= 0.3 is 0 Å². The van der Waals surface area contributed by atoms with Gasteiger partial charge in [0.1, 0.15) is 0 Å². The second kappa shape index (κ2) is 2.15. The number of rotatable bonds is 0. The molecule has 3 heteroatoms. The fourth-order valence-electron chi connectivity index (χ4n) is 0.567. The molecule has 1 aliphatic rings. The molecule has 1 aliphatic heterocycles. The van der Waals surface area contributed by atoms with Crippen LogP contribution in [0.1, 0.15) is 6.42 Å². The predicted molar refractivity (Wildman–Crippen MR) is 26.9 cm³/mol. The average molecular weight is 116 g/mol. The normalized spacial score (nSPS) is 36.8. The van der Waals surface area contributed by atoms with Gasteiger partial charge in [-0.2, -0.15) is 0 Å². The zero-order valence-corrected chi connectivity index (χ0v) is 4.32. The van der Waals surface area contributed by atoms with Crippen molar-refractivity contribution in [2.75, 3.05) is 0 Å². The Bertz CT molecular complexity index is 99.8. The van der Waals surface area contributed by atoms with E-state index in [2.05, 4.69) is 4.74 Å². The van der Waals surface area contributed by atoms with Gasteiger partial charge in [-0.1, -0.05) is 0 Å². The van der Waals surface area contributed by atoms with Crippen molar-refractivity contribution in [3.8, 4) is 0 Å². The molecule has 8 heavy (non-hydrogen) atoms. The summed E-state index contributed by atoms with van der Waals surface area (Å²) in [5.74, 6) is 0. The first-order valence-corrected chi connectivity index (χ1v) is 2.47. The van der Waals surface area contributed by atoms with E-state index in [-0.39, 0.29) is 6.42 Å². The van der Waals surface area contributed by atoms with Crippen molar-refractivity contribution in [3.05, 3.63) is 12.3 Å². The van der Waals surface area contributed by atoms with Crippen molar-refractivity contribution in [2.45, 2.75) is 18.8 Å². The Balaban J connectivity index is 2.42. The Labute approximate surface area is 47.2 Å². The minimum absolute atomic E-state index is 0.274. The molecule has 0 aliphatic carbocycles. The first kappa shape index (κ1) is 5.59. The molecule has 2 atom stereocenters. The van der Waals surface area contributed by atoms with E-state index in [0.29, 0.717) is 0 Å². The van der Waals surface area contributed by atoms with Gasteiger partial charge in [-0.3, -0.25) is 0 Å². The number of aliphatic hydroxyl groups excluding tert-OH is 2. The van der Waals surface area contributed by atoms with Gasteiger partial charge in [-0.15, -0.1) is 0 Å². The van der Waals surface area contributed by atoms with Gasteiger partial charge in [-0.05, 0) is 6.08 Å². The van der Waals surface area contributed by atoms with Crippen LogP contribution in [0.4, 0.5) is 0 Å². The van der Waals surface area contributed by atoms with Gasteiger partial charge in [0.05, 0.1) is 12.4 Å². The SMILES string of the molecule is O[C@@H]1C=CO[C@H](O)C1. The molecule has 3 nitrogen and oxygen atoms in total. The molecule has 0 unspecified atom stereocenters. The van der Waals surface area contributed by atoms with Gasteiger partial charge in [0.15, 0.2) is 6.29 Å². The van der Waals surface area contributed by atoms with E-state index in [4.69, 9.17) is 10.2 Å². The maximum Gasteiger partial charge on any atom is 0.199 e. The maximum absolute atomic E-state index is 8.75. The second-order valence-electron chi connectivity index (χ2n) is 1.72. The monoisotopic (exact) mass is 116 g/mol. The molecule has 0 amide bonds. The molecule has 0 saturated carbocycles. The van der Waals surface area contributed by atoms with Gasteiger partial charge in [-0.25, -0.2) is 0 Å². The molecule has 0 fully saturated rings. The van der Waals surface area contributed by atoms with E-state index in [0.717, 1.165) is 0 Å². The average Bonchev–Trinajstić information content (AvgIpc) is 1.64. The fourth-order valence-corrected chi connectivity index (χ4v) is 0.567. The summed E-state index contributed by atoms with van der Waals surface area (Å²) in [5, 5.41) is 17.4. The lowest BCUT2D eigenvalue weighted by molar-refractivity contribution is -0.0841. The molecule has 0 aromatic carbocycles. The minimum atomic E-state index is -0.824. The van der Waals surface area contributed by atoms with Crippen LogP contribution < -0.4 is 0 Å². The highest BCUT2D eigenvalue weighted by Crippen LogP contribution is 2.07. The lowest BCUT2D eigenvalue weighted by atomic mass is 10.2. The molecule has 46 valence electrons. The number of aliphatic hydroxyl groups is 2. The number of hydrogen-bond acceptors (Lipinski definition) is 3. The number of ether oxygens (including phenoxy) is 1. The first-order chi connectivity index (χ1) is 3.79. The van der Waals surface area contributed by atoms with Crippen LogP contribution in [-0.2, 0) is 4.74 Å². The standard InChI is InChI=1S/C5H8O3/c6-4-1-2-8-5(7)3-4/h1-2,4-7H,3H2/t4-,5+/m1/s1. The highest BCUT2D eigenvalue weighted by atomic mass is 16.6. The topological polar surface area (TPSA) is 49.7 Å². The van der Waals surface area contributed by atoms with Crippen LogP contribution in [0.2, 0.25) is 0 Å². The van der Waals surface area contributed by atoms with E-state index in [1.807, 2.05) is 0 Å². The molecular weight excluding hydrogens is 108 g/mol. The molecular formula is C5H8O3. The van der Waals surface area contributed by atoms with E-state index in [1.54, 1.807) is 0 Å². The Morgan fingerprint density at radius 3 is 2.62 bits per heavy atom. The van der Waals surface area contributed by atoms with Crippen molar-refractivity contribution in [1.29, 1.82) is 0 Å². The van der Waals surface area contributed by atoms with Crippen LogP contribution in [0.3, 0.4) is 0 Å². The summed E-state index contributed by atoms with van der Waals surface area (Å²) in [7, 11) is 0. The summed E-state index contributed by atoms with van der Waals surface area (Å²) < 4.78 is 4.56. The molecule has 1 heterocycles. The van der Waals surface area contributed by atoms with Crippen LogP contribution in [0.25, 0.3) is 0 Å². The predicted octanol–water partition coefficient (Wildman–Crippen LogP) is -0.400. The first-order valence-electron chi connectivity index (χ1n) is 2.47. The van der Waals surface area contributed by atoms with Crippen molar-refractivity contribution >= 4 is 0 Å². The largest absolute Gasteiger partial charge is 0.473 e. The summed E-state index contributed by atoms with van der Waals surface area (Å²) in [4.78, 5) is 0. The molecule has 2 N–H and O–H groups in total. The van der Waals surface area contributed by atoms with Crippen LogP contribution in [-0.4, -0.2) is 22.6 Å². The smallest absolute Gasteiger partial charge is 0.199 e. The quantitative estimate of drug-likeness (QED) is 0.452. The minimum Gasteiger partial charge on any atom is -0.473 e. The summed E-state index contributed by atoms with van der Waals surface area (Å²) in [6.45, 7) is 0. The second-order valence-corrected chi connectivity index (χ2v) is 1.72. The van der Waals surface area contributed by atoms with Gasteiger partial charge < -0.3 is 14.9 Å². The Morgan fingerprint density at radius 1 is 1.50 bits per heavy atom. The van der Waals surface area contributed by atoms with Crippen molar-refractivity contribution in [2.24, 2.45) is 0 Å². The third-order valence-electron chi connectivity index (χ3n) is 0.979. The van der Waals surface area contributed by atoms with E-state index >= 15 is 0 Å². The van der Waals surface area contributed by atoms with Gasteiger partial charge in [0.25, 0.3) is 0 Å². The molecule has 0 aromatic heterocycles. The van der Waals surface area contributed by atoms with E-state index in [9.17, 15) is 0 Å². The Morgan fingerprint density at radius 2 is 2.25 bits per heavy atom. The molecule has 0 spiro atoms. The lowest BCUT2D eigenvalue weighted by Gasteiger charge is -2.16. The fraction of sp³-hybridized carbons (Fsp3) is 0.600. The van der Waals surface area contributed by atoms with Crippen molar-refractivity contribution in [1.82, 2.24) is 0 Å². The van der Waals surface area contributed by atoms with Crippen molar-refractivity contribution in [3.63, 3.8) is 0 Å². The lowest BCUT2D eigenvalue weighted by Crippen LogP contribution is -2.20. The summed E-state index contributed by atoms with van der Waals surface area (Å²) in [5.41, 5.74) is 0. The number of hydrogen-bond donors (Lipinski definition) is 2. The van der Waals surface area contributed by atoms with Crippen LogP contribution in [0.5, 0.6) is 0 Å².